The molecule has 0 fully saturated rings. The molecule has 0 aromatic carbocycles. The van der Waals surface area contributed by atoms with Crippen molar-refractivity contribution in [1.82, 2.24) is 5.32 Å². The number of hydrogen-bond donors (Lipinski definition) is 6. The number of primary amides is 2. The summed E-state index contributed by atoms with van der Waals surface area (Å²) in [6, 6.07) is -1.88. The summed E-state index contributed by atoms with van der Waals surface area (Å²) in [5, 5.41) is 1.58. The lowest BCUT2D eigenvalue weighted by atomic mass is 10.9. The SMILES string of the molecule is NC(=O)NC(N)=O.O=P(O)(O)O. The molecule has 0 aliphatic heterocycles. The lowest BCUT2D eigenvalue weighted by Gasteiger charge is -1.88. The second kappa shape index (κ2) is 5.49. The Morgan fingerprint density at radius 3 is 1.25 bits per heavy atom. The highest BCUT2D eigenvalue weighted by Gasteiger charge is 2.00. The zero-order valence-corrected chi connectivity index (χ0v) is 6.56. The summed E-state index contributed by atoms with van der Waals surface area (Å²) in [6.45, 7) is 0. The molecule has 0 aromatic heterocycles. The maximum absolute atomic E-state index is 9.62. The van der Waals surface area contributed by atoms with Crippen molar-refractivity contribution in [3.05, 3.63) is 0 Å². The molecule has 0 atom stereocenters. The maximum atomic E-state index is 9.62. The van der Waals surface area contributed by atoms with Crippen molar-refractivity contribution >= 4 is 19.9 Å². The quantitative estimate of drug-likeness (QED) is 0.242. The number of rotatable bonds is 0. The van der Waals surface area contributed by atoms with Gasteiger partial charge in [0.15, 0.2) is 0 Å². The molecule has 0 saturated heterocycles. The van der Waals surface area contributed by atoms with E-state index in [1.165, 1.54) is 0 Å². The topological polar surface area (TPSA) is 176 Å². The average Bonchev–Trinajstić information content (AvgIpc) is 1.52. The molecule has 0 aliphatic carbocycles. The van der Waals surface area contributed by atoms with Crippen molar-refractivity contribution in [2.45, 2.75) is 0 Å². The molecule has 0 heterocycles. The Morgan fingerprint density at radius 2 is 1.25 bits per heavy atom. The number of nitrogens with two attached hydrogens (primary N) is 2. The molecule has 12 heavy (non-hydrogen) atoms. The normalized spacial score (nSPS) is 9.25. The number of urea groups is 2. The minimum Gasteiger partial charge on any atom is -0.351 e. The first-order valence-electron chi connectivity index (χ1n) is 2.27. The Kier molecular flexibility index (Phi) is 6.15. The van der Waals surface area contributed by atoms with Crippen LogP contribution in [0.2, 0.25) is 0 Å². The number of phosphoric acid groups is 1. The second-order valence-corrected chi connectivity index (χ2v) is 2.39. The number of imide groups is 1. The summed E-state index contributed by atoms with van der Waals surface area (Å²) in [7, 11) is -4.64. The molecule has 0 saturated carbocycles. The van der Waals surface area contributed by atoms with Crippen LogP contribution in [0.15, 0.2) is 0 Å². The highest BCUT2D eigenvalue weighted by molar-refractivity contribution is 7.45. The zero-order valence-electron chi connectivity index (χ0n) is 5.67. The van der Waals surface area contributed by atoms with Crippen molar-refractivity contribution in [2.24, 2.45) is 11.5 Å². The Morgan fingerprint density at radius 1 is 1.08 bits per heavy atom. The van der Waals surface area contributed by atoms with Gasteiger partial charge in [0.05, 0.1) is 0 Å². The van der Waals surface area contributed by atoms with Crippen LogP contribution in [0.3, 0.4) is 0 Å². The Bertz CT molecular complexity index is 189. The minimum absolute atomic E-state index is 0.937. The first-order valence-corrected chi connectivity index (χ1v) is 3.83. The third kappa shape index (κ3) is 67.1. The summed E-state index contributed by atoms with van der Waals surface area (Å²) in [4.78, 5) is 40.8. The lowest BCUT2D eigenvalue weighted by molar-refractivity contribution is 0.236. The summed E-state index contributed by atoms with van der Waals surface area (Å²) in [6.07, 6.45) is 0. The third-order valence-corrected chi connectivity index (χ3v) is 0.246. The van der Waals surface area contributed by atoms with Crippen molar-refractivity contribution in [3.8, 4) is 0 Å². The summed E-state index contributed by atoms with van der Waals surface area (Å²) in [5.74, 6) is 0. The van der Waals surface area contributed by atoms with E-state index in [1.807, 2.05) is 0 Å². The van der Waals surface area contributed by atoms with Gasteiger partial charge in [-0.1, -0.05) is 0 Å². The minimum atomic E-state index is -4.64. The average molecular weight is 201 g/mol. The van der Waals surface area contributed by atoms with Gasteiger partial charge in [-0.15, -0.1) is 0 Å². The van der Waals surface area contributed by atoms with Gasteiger partial charge in [0.2, 0.25) is 0 Å². The number of hydrogen-bond acceptors (Lipinski definition) is 3. The highest BCUT2D eigenvalue weighted by atomic mass is 31.2. The maximum Gasteiger partial charge on any atom is 0.466 e. The summed E-state index contributed by atoms with van der Waals surface area (Å²) in [5.41, 5.74) is 8.88. The first kappa shape index (κ1) is 13.4. The molecule has 72 valence electrons. The Labute approximate surface area is 66.6 Å². The first-order chi connectivity index (χ1) is 5.13. The monoisotopic (exact) mass is 201 g/mol. The van der Waals surface area contributed by atoms with Gasteiger partial charge >= 0.3 is 19.9 Å². The van der Waals surface area contributed by atoms with Crippen LogP contribution >= 0.6 is 7.82 Å². The summed E-state index contributed by atoms with van der Waals surface area (Å²) < 4.78 is 8.88. The van der Waals surface area contributed by atoms with Gasteiger partial charge in [-0.25, -0.2) is 14.2 Å². The molecular formula is C2H8N3O6P. The van der Waals surface area contributed by atoms with Gasteiger partial charge in [0, 0.05) is 0 Å². The molecule has 9 nitrogen and oxygen atoms in total. The predicted octanol–water partition coefficient (Wildman–Crippen LogP) is -2.20. The fourth-order valence-electron chi connectivity index (χ4n) is 0.121. The fraction of sp³-hybridized carbons (Fsp3) is 0. The molecule has 0 rings (SSSR count). The second-order valence-electron chi connectivity index (χ2n) is 1.37. The third-order valence-electron chi connectivity index (χ3n) is 0.246. The summed E-state index contributed by atoms with van der Waals surface area (Å²) >= 11 is 0. The molecule has 0 aromatic rings. The van der Waals surface area contributed by atoms with Crippen LogP contribution in [-0.2, 0) is 4.57 Å². The van der Waals surface area contributed by atoms with Gasteiger partial charge in [0.25, 0.3) is 0 Å². The zero-order chi connectivity index (χ0) is 10.4. The molecule has 8 N–H and O–H groups in total. The van der Waals surface area contributed by atoms with Gasteiger partial charge in [-0.05, 0) is 0 Å². The van der Waals surface area contributed by atoms with Crippen LogP contribution in [0.25, 0.3) is 0 Å². The van der Waals surface area contributed by atoms with E-state index in [1.54, 1.807) is 5.32 Å². The van der Waals surface area contributed by atoms with E-state index in [0.29, 0.717) is 0 Å². The molecule has 0 aliphatic rings. The van der Waals surface area contributed by atoms with E-state index >= 15 is 0 Å². The van der Waals surface area contributed by atoms with E-state index in [-0.39, 0.29) is 0 Å². The molecule has 4 amide bonds. The number of amides is 4. The van der Waals surface area contributed by atoms with Crippen molar-refractivity contribution < 1.29 is 28.8 Å². The predicted molar refractivity (Wildman–Crippen MR) is 36.6 cm³/mol. The van der Waals surface area contributed by atoms with Crippen molar-refractivity contribution in [3.63, 3.8) is 0 Å². The molecule has 10 heteroatoms. The highest BCUT2D eigenvalue weighted by Crippen LogP contribution is 2.25. The smallest absolute Gasteiger partial charge is 0.351 e. The number of carbonyl (C=O) groups is 2. The Balaban J connectivity index is 0. The van der Waals surface area contributed by atoms with E-state index in [0.717, 1.165) is 0 Å². The van der Waals surface area contributed by atoms with Gasteiger partial charge in [0.1, 0.15) is 0 Å². The molecule has 0 spiro atoms. The van der Waals surface area contributed by atoms with Gasteiger partial charge in [-0.2, -0.15) is 0 Å². The number of carbonyl (C=O) groups excluding carboxylic acids is 2. The molecule has 0 bridgehead atoms. The van der Waals surface area contributed by atoms with Crippen LogP contribution in [0.5, 0.6) is 0 Å². The largest absolute Gasteiger partial charge is 0.466 e. The molecular weight excluding hydrogens is 193 g/mol. The van der Waals surface area contributed by atoms with E-state index < -0.39 is 19.9 Å². The van der Waals surface area contributed by atoms with E-state index in [2.05, 4.69) is 11.5 Å². The van der Waals surface area contributed by atoms with Crippen LogP contribution in [0, 0.1) is 0 Å². The van der Waals surface area contributed by atoms with Gasteiger partial charge in [-0.3, -0.25) is 5.32 Å². The number of nitrogens with one attached hydrogen (secondary N) is 1. The van der Waals surface area contributed by atoms with Crippen LogP contribution in [-0.4, -0.2) is 26.7 Å². The van der Waals surface area contributed by atoms with Crippen LogP contribution in [0.4, 0.5) is 9.59 Å². The van der Waals surface area contributed by atoms with Gasteiger partial charge < -0.3 is 26.1 Å². The van der Waals surface area contributed by atoms with Crippen molar-refractivity contribution in [2.75, 3.05) is 0 Å². The van der Waals surface area contributed by atoms with E-state index in [9.17, 15) is 9.59 Å². The lowest BCUT2D eigenvalue weighted by Crippen LogP contribution is -2.38. The Hall–Kier alpha value is -1.15. The fourth-order valence-corrected chi connectivity index (χ4v) is 0.121. The standard InChI is InChI=1S/C2H5N3O2.H3O4P/c3-1(6)5-2(4)7;1-5(2,3)4/h(H5,3,4,5,6,7);(H3,1,2,3,4). The molecule has 0 radical (unpaired) electrons. The van der Waals surface area contributed by atoms with Crippen LogP contribution < -0.4 is 16.8 Å². The van der Waals surface area contributed by atoms with Crippen LogP contribution in [0.1, 0.15) is 0 Å². The molecule has 0 unspecified atom stereocenters. The van der Waals surface area contributed by atoms with Crippen molar-refractivity contribution in [1.29, 1.82) is 0 Å². The van der Waals surface area contributed by atoms with E-state index in [4.69, 9.17) is 19.2 Å².